The van der Waals surface area contributed by atoms with Gasteiger partial charge in [-0.15, -0.1) is 0 Å². The quantitative estimate of drug-likeness (QED) is 0.838. The Kier molecular flexibility index (Phi) is 5.09. The molecule has 0 aliphatic rings. The Labute approximate surface area is 121 Å². The smallest absolute Gasteiger partial charge is 0.387 e. The molecule has 112 valence electrons. The second-order valence-electron chi connectivity index (χ2n) is 4.72. The molecule has 21 heavy (non-hydrogen) atoms. The Balaban J connectivity index is 1.96. The van der Waals surface area contributed by atoms with E-state index >= 15 is 0 Å². The molecule has 2 nitrogen and oxygen atoms in total. The minimum Gasteiger partial charge on any atom is -0.432 e. The van der Waals surface area contributed by atoms with Gasteiger partial charge >= 0.3 is 6.61 Å². The van der Waals surface area contributed by atoms with Crippen LogP contribution in [0.2, 0.25) is 0 Å². The fraction of sp³-hybridized carbons (Fsp3) is 0.250. The molecule has 1 atom stereocenters. The van der Waals surface area contributed by atoms with Gasteiger partial charge in [-0.1, -0.05) is 37.3 Å². The molecule has 0 spiro atoms. The molecule has 2 aromatic carbocycles. The standard InChI is InChI=1S/C16H16F3NO/c1-11(12-5-3-2-4-6-12)10-20-13-7-8-15(14(17)9-13)21-16(18)19/h2-9,11,16,20H,10H2,1H3. The molecule has 0 saturated carbocycles. The van der Waals surface area contributed by atoms with E-state index in [0.29, 0.717) is 12.2 Å². The van der Waals surface area contributed by atoms with Gasteiger partial charge in [0, 0.05) is 18.3 Å². The molecule has 0 aliphatic heterocycles. The molecule has 2 rings (SSSR count). The van der Waals surface area contributed by atoms with E-state index in [1.807, 2.05) is 37.3 Å². The number of anilines is 1. The molecule has 0 fully saturated rings. The zero-order valence-electron chi connectivity index (χ0n) is 11.5. The number of rotatable bonds is 6. The normalized spacial score (nSPS) is 12.2. The maximum Gasteiger partial charge on any atom is 0.387 e. The van der Waals surface area contributed by atoms with Crippen LogP contribution in [0.5, 0.6) is 5.75 Å². The summed E-state index contributed by atoms with van der Waals surface area (Å²) in [5.41, 5.74) is 1.69. The van der Waals surface area contributed by atoms with Crippen molar-refractivity contribution in [1.82, 2.24) is 0 Å². The highest BCUT2D eigenvalue weighted by Gasteiger charge is 2.11. The van der Waals surface area contributed by atoms with Crippen LogP contribution in [-0.2, 0) is 0 Å². The van der Waals surface area contributed by atoms with E-state index in [1.54, 1.807) is 0 Å². The van der Waals surface area contributed by atoms with Crippen molar-refractivity contribution >= 4 is 5.69 Å². The number of benzene rings is 2. The summed E-state index contributed by atoms with van der Waals surface area (Å²) in [6.45, 7) is -0.373. The Morgan fingerprint density at radius 1 is 1.10 bits per heavy atom. The monoisotopic (exact) mass is 295 g/mol. The summed E-state index contributed by atoms with van der Waals surface area (Å²) in [6, 6.07) is 13.8. The van der Waals surface area contributed by atoms with Crippen LogP contribution in [0.1, 0.15) is 18.4 Å². The van der Waals surface area contributed by atoms with Crippen LogP contribution in [0.4, 0.5) is 18.9 Å². The average Bonchev–Trinajstić information content (AvgIpc) is 2.48. The minimum absolute atomic E-state index is 0.242. The van der Waals surface area contributed by atoms with Crippen molar-refractivity contribution in [3.8, 4) is 5.75 Å². The molecule has 1 N–H and O–H groups in total. The second-order valence-corrected chi connectivity index (χ2v) is 4.72. The highest BCUT2D eigenvalue weighted by atomic mass is 19.3. The van der Waals surface area contributed by atoms with Crippen LogP contribution in [0, 0.1) is 5.82 Å². The van der Waals surface area contributed by atoms with Crippen molar-refractivity contribution in [2.24, 2.45) is 0 Å². The van der Waals surface area contributed by atoms with E-state index < -0.39 is 18.2 Å². The molecule has 5 heteroatoms. The Morgan fingerprint density at radius 2 is 1.81 bits per heavy atom. The molecule has 2 aromatic rings. The largest absolute Gasteiger partial charge is 0.432 e. The first-order valence-electron chi connectivity index (χ1n) is 6.59. The molecule has 0 saturated heterocycles. The fourth-order valence-corrected chi connectivity index (χ4v) is 1.97. The third-order valence-corrected chi connectivity index (χ3v) is 3.13. The van der Waals surface area contributed by atoms with Crippen LogP contribution in [0.15, 0.2) is 48.5 Å². The number of hydrogen-bond acceptors (Lipinski definition) is 2. The highest BCUT2D eigenvalue weighted by molar-refractivity contribution is 5.47. The van der Waals surface area contributed by atoms with Gasteiger partial charge < -0.3 is 10.1 Å². The van der Waals surface area contributed by atoms with Crippen molar-refractivity contribution in [3.05, 3.63) is 59.9 Å². The van der Waals surface area contributed by atoms with Crippen molar-refractivity contribution in [1.29, 1.82) is 0 Å². The molecule has 1 unspecified atom stereocenters. The molecule has 0 aliphatic carbocycles. The maximum absolute atomic E-state index is 13.6. The summed E-state index contributed by atoms with van der Waals surface area (Å²) < 4.78 is 41.7. The van der Waals surface area contributed by atoms with Crippen molar-refractivity contribution in [2.45, 2.75) is 19.5 Å². The minimum atomic E-state index is -3.03. The van der Waals surface area contributed by atoms with Gasteiger partial charge in [-0.25, -0.2) is 4.39 Å². The predicted octanol–water partition coefficient (Wildman–Crippen LogP) is 4.64. The number of ether oxygens (including phenoxy) is 1. The van der Waals surface area contributed by atoms with Gasteiger partial charge in [-0.05, 0) is 23.6 Å². The third-order valence-electron chi connectivity index (χ3n) is 3.13. The van der Waals surface area contributed by atoms with Gasteiger partial charge in [0.05, 0.1) is 0 Å². The number of nitrogens with one attached hydrogen (secondary N) is 1. The topological polar surface area (TPSA) is 21.3 Å². The lowest BCUT2D eigenvalue weighted by Crippen LogP contribution is -2.10. The summed E-state index contributed by atoms with van der Waals surface area (Å²) in [4.78, 5) is 0. The molecule has 0 aromatic heterocycles. The Morgan fingerprint density at radius 3 is 2.43 bits per heavy atom. The maximum atomic E-state index is 13.6. The van der Waals surface area contributed by atoms with E-state index in [2.05, 4.69) is 10.1 Å². The van der Waals surface area contributed by atoms with E-state index in [-0.39, 0.29) is 5.92 Å². The van der Waals surface area contributed by atoms with Crippen LogP contribution in [0.25, 0.3) is 0 Å². The first-order chi connectivity index (χ1) is 10.1. The molecular formula is C16H16F3NO. The summed E-state index contributed by atoms with van der Waals surface area (Å²) in [6.07, 6.45) is 0. The molecular weight excluding hydrogens is 279 g/mol. The van der Waals surface area contributed by atoms with Crippen LogP contribution < -0.4 is 10.1 Å². The zero-order chi connectivity index (χ0) is 15.2. The summed E-state index contributed by atoms with van der Waals surface area (Å²) in [7, 11) is 0. The van der Waals surface area contributed by atoms with E-state index in [4.69, 9.17) is 0 Å². The summed E-state index contributed by atoms with van der Waals surface area (Å²) in [5.74, 6) is -1.02. The van der Waals surface area contributed by atoms with Gasteiger partial charge in [0.15, 0.2) is 11.6 Å². The molecule has 0 bridgehead atoms. The van der Waals surface area contributed by atoms with Crippen molar-refractivity contribution in [2.75, 3.05) is 11.9 Å². The fourth-order valence-electron chi connectivity index (χ4n) is 1.97. The van der Waals surface area contributed by atoms with Gasteiger partial charge in [0.2, 0.25) is 0 Å². The van der Waals surface area contributed by atoms with Crippen molar-refractivity contribution in [3.63, 3.8) is 0 Å². The van der Waals surface area contributed by atoms with E-state index in [1.165, 1.54) is 17.7 Å². The number of halogens is 3. The van der Waals surface area contributed by atoms with Crippen LogP contribution >= 0.6 is 0 Å². The third kappa shape index (κ3) is 4.41. The van der Waals surface area contributed by atoms with Gasteiger partial charge in [0.25, 0.3) is 0 Å². The lowest BCUT2D eigenvalue weighted by atomic mass is 10.0. The van der Waals surface area contributed by atoms with Crippen molar-refractivity contribution < 1.29 is 17.9 Å². The lowest BCUT2D eigenvalue weighted by Gasteiger charge is -2.14. The summed E-state index contributed by atoms with van der Waals surface area (Å²) in [5, 5.41) is 3.08. The van der Waals surface area contributed by atoms with Crippen LogP contribution in [0.3, 0.4) is 0 Å². The molecule has 0 amide bonds. The Bertz CT molecular complexity index is 575. The first-order valence-corrected chi connectivity index (χ1v) is 6.59. The van der Waals surface area contributed by atoms with Gasteiger partial charge in [0.1, 0.15) is 0 Å². The van der Waals surface area contributed by atoms with Crippen LogP contribution in [-0.4, -0.2) is 13.2 Å². The number of alkyl halides is 2. The van der Waals surface area contributed by atoms with E-state index in [0.717, 1.165) is 6.07 Å². The molecule has 0 radical (unpaired) electrons. The molecule has 0 heterocycles. The lowest BCUT2D eigenvalue weighted by molar-refractivity contribution is -0.0521. The van der Waals surface area contributed by atoms with Gasteiger partial charge in [-0.2, -0.15) is 8.78 Å². The zero-order valence-corrected chi connectivity index (χ0v) is 11.5. The first kappa shape index (κ1) is 15.2. The summed E-state index contributed by atoms with van der Waals surface area (Å²) >= 11 is 0. The number of hydrogen-bond donors (Lipinski definition) is 1. The van der Waals surface area contributed by atoms with E-state index in [9.17, 15) is 13.2 Å². The highest BCUT2D eigenvalue weighted by Crippen LogP contribution is 2.23. The second kappa shape index (κ2) is 7.02. The predicted molar refractivity (Wildman–Crippen MR) is 76.4 cm³/mol. The average molecular weight is 295 g/mol. The SMILES string of the molecule is CC(CNc1ccc(OC(F)F)c(F)c1)c1ccccc1. The Hall–Kier alpha value is -2.17. The van der Waals surface area contributed by atoms with Gasteiger partial charge in [-0.3, -0.25) is 0 Å².